The van der Waals surface area contributed by atoms with Crippen LogP contribution in [-0.4, -0.2) is 17.1 Å². The van der Waals surface area contributed by atoms with E-state index in [1.165, 1.54) is 30.5 Å². The van der Waals surface area contributed by atoms with E-state index in [-0.39, 0.29) is 11.6 Å². The summed E-state index contributed by atoms with van der Waals surface area (Å²) in [6, 6.07) is 7.29. The topological polar surface area (TPSA) is 91.6 Å². The summed E-state index contributed by atoms with van der Waals surface area (Å²) in [6.45, 7) is 0.357. The van der Waals surface area contributed by atoms with Crippen molar-refractivity contribution in [2.24, 2.45) is 0 Å². The Bertz CT molecular complexity index is 561. The number of carboxylic acid groups (broad SMARTS) is 1. The third-order valence-electron chi connectivity index (χ3n) is 2.42. The summed E-state index contributed by atoms with van der Waals surface area (Å²) in [5, 5.41) is 14.0. The summed E-state index contributed by atoms with van der Waals surface area (Å²) >= 11 is 0. The fourth-order valence-electron chi connectivity index (χ4n) is 1.45. The minimum Gasteiger partial charge on any atom is -0.478 e. The van der Waals surface area contributed by atoms with Crippen LogP contribution in [-0.2, 0) is 6.54 Å². The number of hydrogen-bond donors (Lipinski definition) is 3. The molecule has 1 aromatic carbocycles. The lowest BCUT2D eigenvalue weighted by Gasteiger charge is -2.06. The molecule has 0 aliphatic rings. The number of urea groups is 1. The van der Waals surface area contributed by atoms with Gasteiger partial charge in [0.05, 0.1) is 18.1 Å². The number of amides is 2. The van der Waals surface area contributed by atoms with Gasteiger partial charge in [-0.3, -0.25) is 0 Å². The molecule has 0 bridgehead atoms. The Hall–Kier alpha value is -2.76. The van der Waals surface area contributed by atoms with E-state index >= 15 is 0 Å². The van der Waals surface area contributed by atoms with Crippen molar-refractivity contribution in [1.29, 1.82) is 0 Å². The molecule has 0 spiro atoms. The maximum Gasteiger partial charge on any atom is 0.335 e. The number of rotatable bonds is 4. The lowest BCUT2D eigenvalue weighted by Crippen LogP contribution is -2.27. The van der Waals surface area contributed by atoms with Crippen LogP contribution >= 0.6 is 0 Å². The zero-order chi connectivity index (χ0) is 13.7. The molecule has 0 aliphatic heterocycles. The van der Waals surface area contributed by atoms with Crippen molar-refractivity contribution in [2.45, 2.75) is 6.54 Å². The third kappa shape index (κ3) is 3.60. The van der Waals surface area contributed by atoms with Crippen LogP contribution in [0.2, 0.25) is 0 Å². The van der Waals surface area contributed by atoms with Crippen molar-refractivity contribution in [2.75, 3.05) is 5.32 Å². The molecular weight excluding hydrogens is 248 g/mol. The Morgan fingerprint density at radius 1 is 1.16 bits per heavy atom. The van der Waals surface area contributed by atoms with Gasteiger partial charge in [-0.25, -0.2) is 9.59 Å². The molecule has 6 heteroatoms. The predicted molar refractivity (Wildman–Crippen MR) is 68.0 cm³/mol. The molecular formula is C13H12N2O4. The zero-order valence-electron chi connectivity index (χ0n) is 9.92. The van der Waals surface area contributed by atoms with Gasteiger partial charge in [-0.2, -0.15) is 0 Å². The van der Waals surface area contributed by atoms with E-state index in [1.54, 1.807) is 12.3 Å². The monoisotopic (exact) mass is 260 g/mol. The second-order valence-corrected chi connectivity index (χ2v) is 3.82. The van der Waals surface area contributed by atoms with Gasteiger partial charge in [0.25, 0.3) is 0 Å². The summed E-state index contributed by atoms with van der Waals surface area (Å²) in [7, 11) is 0. The summed E-state index contributed by atoms with van der Waals surface area (Å²) in [5.41, 5.74) is 1.55. The number of anilines is 1. The number of nitrogens with one attached hydrogen (secondary N) is 2. The molecule has 2 rings (SSSR count). The standard InChI is InChI=1S/C13H12N2O4/c16-12(17)10-1-3-11(4-2-10)15-13(18)14-7-9-5-6-19-8-9/h1-6,8H,7H2,(H,16,17)(H2,14,15,18). The number of hydrogen-bond acceptors (Lipinski definition) is 3. The maximum absolute atomic E-state index is 11.6. The average molecular weight is 260 g/mol. The smallest absolute Gasteiger partial charge is 0.335 e. The Kier molecular flexibility index (Phi) is 3.82. The van der Waals surface area contributed by atoms with Gasteiger partial charge in [0.1, 0.15) is 0 Å². The number of carbonyl (C=O) groups is 2. The Labute approximate surface area is 109 Å². The van der Waals surface area contributed by atoms with Crippen molar-refractivity contribution in [3.63, 3.8) is 0 Å². The molecule has 0 saturated heterocycles. The fourth-order valence-corrected chi connectivity index (χ4v) is 1.45. The predicted octanol–water partition coefficient (Wildman–Crippen LogP) is 2.30. The lowest BCUT2D eigenvalue weighted by molar-refractivity contribution is 0.0697. The number of benzene rings is 1. The second-order valence-electron chi connectivity index (χ2n) is 3.82. The van der Waals surface area contributed by atoms with E-state index in [2.05, 4.69) is 10.6 Å². The first-order valence-corrected chi connectivity index (χ1v) is 5.54. The highest BCUT2D eigenvalue weighted by Crippen LogP contribution is 2.09. The molecule has 1 heterocycles. The van der Waals surface area contributed by atoms with Crippen LogP contribution in [0.4, 0.5) is 10.5 Å². The Morgan fingerprint density at radius 3 is 2.47 bits per heavy atom. The molecule has 3 N–H and O–H groups in total. The first-order valence-electron chi connectivity index (χ1n) is 5.54. The number of furan rings is 1. The van der Waals surface area contributed by atoms with Gasteiger partial charge < -0.3 is 20.2 Å². The minimum atomic E-state index is -1.00. The van der Waals surface area contributed by atoms with E-state index in [4.69, 9.17) is 9.52 Å². The van der Waals surface area contributed by atoms with Gasteiger partial charge in [-0.15, -0.1) is 0 Å². The van der Waals surface area contributed by atoms with Crippen LogP contribution in [0, 0.1) is 0 Å². The summed E-state index contributed by atoms with van der Waals surface area (Å²) in [5.74, 6) is -1.00. The highest BCUT2D eigenvalue weighted by Gasteiger charge is 2.04. The zero-order valence-corrected chi connectivity index (χ0v) is 9.92. The first-order chi connectivity index (χ1) is 9.15. The largest absolute Gasteiger partial charge is 0.478 e. The molecule has 6 nitrogen and oxygen atoms in total. The van der Waals surface area contributed by atoms with E-state index < -0.39 is 5.97 Å². The van der Waals surface area contributed by atoms with Gasteiger partial charge >= 0.3 is 12.0 Å². The van der Waals surface area contributed by atoms with Crippen LogP contribution in [0.1, 0.15) is 15.9 Å². The number of carboxylic acids is 1. The van der Waals surface area contributed by atoms with Crippen LogP contribution in [0.3, 0.4) is 0 Å². The lowest BCUT2D eigenvalue weighted by atomic mass is 10.2. The minimum absolute atomic E-state index is 0.171. The van der Waals surface area contributed by atoms with E-state index in [0.29, 0.717) is 12.2 Å². The molecule has 0 saturated carbocycles. The molecule has 19 heavy (non-hydrogen) atoms. The first kappa shape index (κ1) is 12.7. The second kappa shape index (κ2) is 5.72. The van der Waals surface area contributed by atoms with Crippen molar-refractivity contribution >= 4 is 17.7 Å². The molecule has 0 aliphatic carbocycles. The SMILES string of the molecule is O=C(NCc1ccoc1)Nc1ccc(C(=O)O)cc1. The van der Waals surface area contributed by atoms with Gasteiger partial charge in [0.15, 0.2) is 0 Å². The molecule has 0 unspecified atom stereocenters. The third-order valence-corrected chi connectivity index (χ3v) is 2.42. The summed E-state index contributed by atoms with van der Waals surface area (Å²) in [6.07, 6.45) is 3.07. The summed E-state index contributed by atoms with van der Waals surface area (Å²) in [4.78, 5) is 22.2. The van der Waals surface area contributed by atoms with Gasteiger partial charge in [-0.05, 0) is 30.3 Å². The molecule has 98 valence electrons. The van der Waals surface area contributed by atoms with Crippen LogP contribution < -0.4 is 10.6 Å². The number of aromatic carboxylic acids is 1. The van der Waals surface area contributed by atoms with E-state index in [9.17, 15) is 9.59 Å². The normalized spacial score (nSPS) is 9.89. The van der Waals surface area contributed by atoms with Gasteiger partial charge in [-0.1, -0.05) is 0 Å². The number of carbonyl (C=O) groups excluding carboxylic acids is 1. The molecule has 0 fully saturated rings. The molecule has 0 atom stereocenters. The van der Waals surface area contributed by atoms with Crippen molar-refractivity contribution in [3.8, 4) is 0 Å². The summed E-state index contributed by atoms with van der Waals surface area (Å²) < 4.78 is 4.87. The Balaban J connectivity index is 1.86. The van der Waals surface area contributed by atoms with Crippen molar-refractivity contribution in [3.05, 3.63) is 54.0 Å². The maximum atomic E-state index is 11.6. The van der Waals surface area contributed by atoms with Crippen LogP contribution in [0.5, 0.6) is 0 Å². The van der Waals surface area contributed by atoms with E-state index in [0.717, 1.165) is 5.56 Å². The average Bonchev–Trinajstić information content (AvgIpc) is 2.90. The van der Waals surface area contributed by atoms with Gasteiger partial charge in [0, 0.05) is 17.8 Å². The molecule has 1 aromatic heterocycles. The highest BCUT2D eigenvalue weighted by atomic mass is 16.4. The van der Waals surface area contributed by atoms with Gasteiger partial charge in [0.2, 0.25) is 0 Å². The van der Waals surface area contributed by atoms with Crippen molar-refractivity contribution < 1.29 is 19.1 Å². The van der Waals surface area contributed by atoms with E-state index in [1.807, 2.05) is 0 Å². The molecule has 0 radical (unpaired) electrons. The molecule has 2 amide bonds. The quantitative estimate of drug-likeness (QED) is 0.786. The Morgan fingerprint density at radius 2 is 1.89 bits per heavy atom. The van der Waals surface area contributed by atoms with Crippen LogP contribution in [0.25, 0.3) is 0 Å². The van der Waals surface area contributed by atoms with Crippen molar-refractivity contribution in [1.82, 2.24) is 5.32 Å². The highest BCUT2D eigenvalue weighted by molar-refractivity contribution is 5.91. The molecule has 2 aromatic rings. The van der Waals surface area contributed by atoms with Crippen LogP contribution in [0.15, 0.2) is 47.3 Å². The fraction of sp³-hybridized carbons (Fsp3) is 0.0769.